The fraction of sp³-hybridized carbons (Fsp3) is 0.615. The number of pyridine rings is 1. The van der Waals surface area contributed by atoms with Crippen molar-refractivity contribution in [2.45, 2.75) is 38.8 Å². The maximum Gasteiger partial charge on any atom is 0.239 e. The SMILES string of the molecule is CC(C)Oc1nc(NC2(C)CCS(=O)(=O)C2)ccc1N. The molecule has 1 aromatic rings. The van der Waals surface area contributed by atoms with Crippen LogP contribution in [0.3, 0.4) is 0 Å². The molecule has 0 radical (unpaired) electrons. The number of hydrogen-bond acceptors (Lipinski definition) is 6. The average Bonchev–Trinajstić information content (AvgIpc) is 2.57. The predicted octanol–water partition coefficient (Wildman–Crippen LogP) is 1.44. The number of aromatic nitrogens is 1. The summed E-state index contributed by atoms with van der Waals surface area (Å²) < 4.78 is 28.7. The van der Waals surface area contributed by atoms with E-state index < -0.39 is 15.4 Å². The lowest BCUT2D eigenvalue weighted by Crippen LogP contribution is -2.36. The van der Waals surface area contributed by atoms with Gasteiger partial charge < -0.3 is 15.8 Å². The Balaban J connectivity index is 2.18. The quantitative estimate of drug-likeness (QED) is 0.873. The van der Waals surface area contributed by atoms with Crippen molar-refractivity contribution in [3.63, 3.8) is 0 Å². The molecule has 6 nitrogen and oxygen atoms in total. The van der Waals surface area contributed by atoms with E-state index >= 15 is 0 Å². The third-order valence-corrected chi connectivity index (χ3v) is 5.07. The topological polar surface area (TPSA) is 94.3 Å². The van der Waals surface area contributed by atoms with E-state index in [1.165, 1.54) is 0 Å². The van der Waals surface area contributed by atoms with Crippen LogP contribution in [0, 0.1) is 0 Å². The molecule has 1 saturated heterocycles. The van der Waals surface area contributed by atoms with Gasteiger partial charge in [0.05, 0.1) is 28.8 Å². The Labute approximate surface area is 119 Å². The van der Waals surface area contributed by atoms with E-state index in [1.807, 2.05) is 20.8 Å². The molecular formula is C13H21N3O3S. The highest BCUT2D eigenvalue weighted by Crippen LogP contribution is 2.29. The molecule has 7 heteroatoms. The van der Waals surface area contributed by atoms with Gasteiger partial charge in [0.2, 0.25) is 5.88 Å². The van der Waals surface area contributed by atoms with Gasteiger partial charge in [-0.2, -0.15) is 4.98 Å². The molecule has 1 unspecified atom stereocenters. The van der Waals surface area contributed by atoms with Crippen LogP contribution < -0.4 is 15.8 Å². The van der Waals surface area contributed by atoms with Crippen molar-refractivity contribution in [2.24, 2.45) is 0 Å². The van der Waals surface area contributed by atoms with Crippen LogP contribution in [0.2, 0.25) is 0 Å². The third-order valence-electron chi connectivity index (χ3n) is 3.17. The normalized spacial score (nSPS) is 24.8. The molecule has 0 aromatic carbocycles. The lowest BCUT2D eigenvalue weighted by molar-refractivity contribution is 0.234. The molecule has 0 bridgehead atoms. The second kappa shape index (κ2) is 5.12. The van der Waals surface area contributed by atoms with Gasteiger partial charge in [0.25, 0.3) is 0 Å². The molecular weight excluding hydrogens is 278 g/mol. The first-order chi connectivity index (χ1) is 9.19. The number of ether oxygens (including phenoxy) is 1. The Morgan fingerprint density at radius 1 is 1.45 bits per heavy atom. The van der Waals surface area contributed by atoms with E-state index in [0.717, 1.165) is 0 Å². The minimum Gasteiger partial charge on any atom is -0.473 e. The van der Waals surface area contributed by atoms with Crippen LogP contribution in [0.15, 0.2) is 12.1 Å². The summed E-state index contributed by atoms with van der Waals surface area (Å²) >= 11 is 0. The average molecular weight is 299 g/mol. The highest BCUT2D eigenvalue weighted by molar-refractivity contribution is 7.91. The summed E-state index contributed by atoms with van der Waals surface area (Å²) in [5.41, 5.74) is 5.79. The van der Waals surface area contributed by atoms with Crippen LogP contribution in [0.1, 0.15) is 27.2 Å². The Morgan fingerprint density at radius 2 is 2.15 bits per heavy atom. The number of anilines is 2. The molecule has 0 saturated carbocycles. The predicted molar refractivity (Wildman–Crippen MR) is 79.7 cm³/mol. The number of hydrogen-bond donors (Lipinski definition) is 2. The lowest BCUT2D eigenvalue weighted by atomic mass is 10.0. The Hall–Kier alpha value is -1.50. The zero-order valence-corrected chi connectivity index (χ0v) is 12.8. The van der Waals surface area contributed by atoms with E-state index in [1.54, 1.807) is 12.1 Å². The summed E-state index contributed by atoms with van der Waals surface area (Å²) in [4.78, 5) is 4.32. The fourth-order valence-corrected chi connectivity index (χ4v) is 4.35. The summed E-state index contributed by atoms with van der Waals surface area (Å²) in [6, 6.07) is 3.44. The number of nitrogen functional groups attached to an aromatic ring is 1. The fourth-order valence-electron chi connectivity index (χ4n) is 2.26. The summed E-state index contributed by atoms with van der Waals surface area (Å²) in [6.07, 6.45) is 0.546. The highest BCUT2D eigenvalue weighted by atomic mass is 32.2. The van der Waals surface area contributed by atoms with Gasteiger partial charge in [0.1, 0.15) is 5.82 Å². The van der Waals surface area contributed by atoms with Gasteiger partial charge in [-0.05, 0) is 39.3 Å². The molecule has 112 valence electrons. The van der Waals surface area contributed by atoms with Crippen molar-refractivity contribution < 1.29 is 13.2 Å². The first kappa shape index (κ1) is 14.9. The van der Waals surface area contributed by atoms with Crippen molar-refractivity contribution in [1.82, 2.24) is 4.98 Å². The largest absolute Gasteiger partial charge is 0.473 e. The van der Waals surface area contributed by atoms with Crippen molar-refractivity contribution in [3.05, 3.63) is 12.1 Å². The van der Waals surface area contributed by atoms with E-state index in [-0.39, 0.29) is 17.6 Å². The molecule has 0 spiro atoms. The third kappa shape index (κ3) is 3.53. The van der Waals surface area contributed by atoms with E-state index in [4.69, 9.17) is 10.5 Å². The number of sulfone groups is 1. The van der Waals surface area contributed by atoms with Crippen LogP contribution in [-0.4, -0.2) is 36.6 Å². The smallest absolute Gasteiger partial charge is 0.239 e. The van der Waals surface area contributed by atoms with Gasteiger partial charge in [0, 0.05) is 0 Å². The van der Waals surface area contributed by atoms with E-state index in [9.17, 15) is 8.42 Å². The van der Waals surface area contributed by atoms with Crippen molar-refractivity contribution in [3.8, 4) is 5.88 Å². The molecule has 2 heterocycles. The molecule has 1 aromatic heterocycles. The van der Waals surface area contributed by atoms with Crippen LogP contribution in [-0.2, 0) is 9.84 Å². The Morgan fingerprint density at radius 3 is 2.70 bits per heavy atom. The molecule has 1 aliphatic rings. The van der Waals surface area contributed by atoms with Crippen LogP contribution in [0.25, 0.3) is 0 Å². The minimum atomic E-state index is -2.96. The Kier molecular flexibility index (Phi) is 3.82. The zero-order chi connectivity index (χ0) is 15.0. The summed E-state index contributed by atoms with van der Waals surface area (Å²) in [5.74, 6) is 1.27. The van der Waals surface area contributed by atoms with Crippen molar-refractivity contribution in [1.29, 1.82) is 0 Å². The lowest BCUT2D eigenvalue weighted by Gasteiger charge is -2.25. The van der Waals surface area contributed by atoms with Gasteiger partial charge in [-0.3, -0.25) is 0 Å². The molecule has 1 aliphatic heterocycles. The number of nitrogens with one attached hydrogen (secondary N) is 1. The maximum absolute atomic E-state index is 11.6. The summed E-state index contributed by atoms with van der Waals surface area (Å²) in [5, 5.41) is 3.19. The van der Waals surface area contributed by atoms with Crippen LogP contribution in [0.5, 0.6) is 5.88 Å². The van der Waals surface area contributed by atoms with Crippen LogP contribution >= 0.6 is 0 Å². The molecule has 2 rings (SSSR count). The first-order valence-electron chi connectivity index (χ1n) is 6.61. The standard InChI is InChI=1S/C13H21N3O3S/c1-9(2)19-12-10(14)4-5-11(15-12)16-13(3)6-7-20(17,18)8-13/h4-5,9H,6-8,14H2,1-3H3,(H,15,16). The number of nitrogens with zero attached hydrogens (tertiary/aromatic N) is 1. The highest BCUT2D eigenvalue weighted by Gasteiger charge is 2.38. The second-order valence-electron chi connectivity index (χ2n) is 5.79. The molecule has 1 fully saturated rings. The Bertz CT molecular complexity index is 601. The maximum atomic E-state index is 11.6. The van der Waals surface area contributed by atoms with E-state index in [2.05, 4.69) is 10.3 Å². The van der Waals surface area contributed by atoms with Gasteiger partial charge in [-0.15, -0.1) is 0 Å². The molecule has 1 atom stereocenters. The molecule has 0 amide bonds. The molecule has 20 heavy (non-hydrogen) atoms. The van der Waals surface area contributed by atoms with Crippen LogP contribution in [0.4, 0.5) is 11.5 Å². The van der Waals surface area contributed by atoms with Gasteiger partial charge >= 0.3 is 0 Å². The van der Waals surface area contributed by atoms with Gasteiger partial charge in [0.15, 0.2) is 9.84 Å². The summed E-state index contributed by atoms with van der Waals surface area (Å²) in [6.45, 7) is 5.68. The second-order valence-corrected chi connectivity index (χ2v) is 7.97. The zero-order valence-electron chi connectivity index (χ0n) is 12.0. The first-order valence-corrected chi connectivity index (χ1v) is 8.43. The minimum absolute atomic E-state index is 0.0255. The van der Waals surface area contributed by atoms with Crippen molar-refractivity contribution in [2.75, 3.05) is 22.6 Å². The summed E-state index contributed by atoms with van der Waals surface area (Å²) in [7, 11) is -2.96. The number of rotatable bonds is 4. The molecule has 0 aliphatic carbocycles. The van der Waals surface area contributed by atoms with Gasteiger partial charge in [-0.25, -0.2) is 8.42 Å². The molecule has 3 N–H and O–H groups in total. The van der Waals surface area contributed by atoms with Crippen molar-refractivity contribution >= 4 is 21.3 Å². The van der Waals surface area contributed by atoms with E-state index in [0.29, 0.717) is 23.8 Å². The monoisotopic (exact) mass is 299 g/mol. The van der Waals surface area contributed by atoms with Gasteiger partial charge in [-0.1, -0.05) is 0 Å². The number of nitrogens with two attached hydrogens (primary N) is 1.